The van der Waals surface area contributed by atoms with E-state index in [4.69, 9.17) is 5.11 Å². The Bertz CT molecular complexity index is 405. The molecule has 0 fully saturated rings. The van der Waals surface area contributed by atoms with E-state index in [0.717, 1.165) is 5.56 Å². The molecule has 4 heteroatoms. The van der Waals surface area contributed by atoms with Crippen molar-refractivity contribution in [3.8, 4) is 5.75 Å². The van der Waals surface area contributed by atoms with Crippen LogP contribution in [-0.2, 0) is 5.41 Å². The predicted octanol–water partition coefficient (Wildman–Crippen LogP) is 3.15. The largest absolute Gasteiger partial charge is 0.506 e. The van der Waals surface area contributed by atoms with Gasteiger partial charge in [0.25, 0.3) is 0 Å². The average molecular weight is 273 g/mol. The lowest BCUT2D eigenvalue weighted by molar-refractivity contribution is 0.0695. The summed E-state index contributed by atoms with van der Waals surface area (Å²) in [6.07, 6.45) is 0. The fourth-order valence-electron chi connectivity index (χ4n) is 1.33. The van der Waals surface area contributed by atoms with E-state index in [1.54, 1.807) is 6.07 Å². The molecule has 0 aliphatic rings. The Morgan fingerprint density at radius 1 is 1.33 bits per heavy atom. The van der Waals surface area contributed by atoms with Crippen LogP contribution in [0.2, 0.25) is 0 Å². The predicted molar refractivity (Wildman–Crippen MR) is 61.5 cm³/mol. The van der Waals surface area contributed by atoms with Crippen LogP contribution in [0.25, 0.3) is 0 Å². The number of aromatic hydroxyl groups is 1. The molecule has 1 rings (SSSR count). The summed E-state index contributed by atoms with van der Waals surface area (Å²) >= 11 is 3.09. The third-order valence-electron chi connectivity index (χ3n) is 2.15. The zero-order valence-corrected chi connectivity index (χ0v) is 10.4. The number of phenols is 1. The molecule has 15 heavy (non-hydrogen) atoms. The van der Waals surface area contributed by atoms with E-state index in [2.05, 4.69) is 15.9 Å². The van der Waals surface area contributed by atoms with Crippen LogP contribution in [0.5, 0.6) is 5.75 Å². The summed E-state index contributed by atoms with van der Waals surface area (Å²) in [5, 5.41) is 18.7. The number of phenolic OH excluding ortho intramolecular Hbond substituents is 1. The van der Waals surface area contributed by atoms with Gasteiger partial charge in [-0.15, -0.1) is 0 Å². The Kier molecular flexibility index (Phi) is 3.09. The smallest absolute Gasteiger partial charge is 0.336 e. The fourth-order valence-corrected chi connectivity index (χ4v) is 1.85. The molecule has 1 aromatic rings. The quantitative estimate of drug-likeness (QED) is 0.826. The summed E-state index contributed by atoms with van der Waals surface area (Å²) in [5.74, 6) is -1.06. The van der Waals surface area contributed by atoms with Crippen molar-refractivity contribution in [2.45, 2.75) is 26.2 Å². The van der Waals surface area contributed by atoms with E-state index in [0.29, 0.717) is 0 Å². The van der Waals surface area contributed by atoms with E-state index in [9.17, 15) is 9.90 Å². The van der Waals surface area contributed by atoms with Gasteiger partial charge in [0.1, 0.15) is 5.75 Å². The summed E-state index contributed by atoms with van der Waals surface area (Å²) in [5.41, 5.74) is 0.573. The van der Waals surface area contributed by atoms with Crippen molar-refractivity contribution >= 4 is 21.9 Å². The minimum Gasteiger partial charge on any atom is -0.506 e. The summed E-state index contributed by atoms with van der Waals surface area (Å²) in [6.45, 7) is 5.86. The van der Waals surface area contributed by atoms with Gasteiger partial charge in [-0.2, -0.15) is 0 Å². The van der Waals surface area contributed by atoms with E-state index >= 15 is 0 Å². The number of carboxylic acid groups (broad SMARTS) is 1. The van der Waals surface area contributed by atoms with Gasteiger partial charge in [-0.3, -0.25) is 0 Å². The van der Waals surface area contributed by atoms with Gasteiger partial charge >= 0.3 is 5.97 Å². The van der Waals surface area contributed by atoms with Gasteiger partial charge in [-0.25, -0.2) is 4.79 Å². The van der Waals surface area contributed by atoms with Crippen molar-refractivity contribution in [3.05, 3.63) is 27.7 Å². The van der Waals surface area contributed by atoms with E-state index in [1.165, 1.54) is 6.07 Å². The third kappa shape index (κ3) is 2.31. The monoisotopic (exact) mass is 272 g/mol. The molecule has 0 atom stereocenters. The highest BCUT2D eigenvalue weighted by atomic mass is 79.9. The molecular weight excluding hydrogens is 260 g/mol. The van der Waals surface area contributed by atoms with Crippen molar-refractivity contribution in [1.29, 1.82) is 0 Å². The highest BCUT2D eigenvalue weighted by molar-refractivity contribution is 9.10. The molecule has 0 saturated carbocycles. The molecule has 0 radical (unpaired) electrons. The molecule has 2 N–H and O–H groups in total. The number of benzene rings is 1. The number of hydrogen-bond donors (Lipinski definition) is 2. The van der Waals surface area contributed by atoms with Crippen molar-refractivity contribution in [3.63, 3.8) is 0 Å². The second-order valence-corrected chi connectivity index (χ2v) is 5.17. The highest BCUT2D eigenvalue weighted by Gasteiger charge is 2.22. The SMILES string of the molecule is CC(C)(C)c1ccc(C(=O)O)c(Br)c1O. The lowest BCUT2D eigenvalue weighted by Gasteiger charge is -2.21. The first-order valence-corrected chi connectivity index (χ1v) is 5.29. The molecule has 0 spiro atoms. The summed E-state index contributed by atoms with van der Waals surface area (Å²) < 4.78 is 0.238. The maximum atomic E-state index is 10.8. The topological polar surface area (TPSA) is 57.5 Å². The van der Waals surface area contributed by atoms with Gasteiger partial charge in [-0.05, 0) is 27.4 Å². The minimum atomic E-state index is -1.06. The van der Waals surface area contributed by atoms with Crippen LogP contribution in [0, 0.1) is 0 Å². The second-order valence-electron chi connectivity index (χ2n) is 4.38. The first-order valence-electron chi connectivity index (χ1n) is 4.50. The Labute approximate surface area is 96.9 Å². The molecule has 0 aromatic heterocycles. The molecule has 0 aliphatic heterocycles. The number of carbonyl (C=O) groups is 1. The van der Waals surface area contributed by atoms with Crippen LogP contribution < -0.4 is 0 Å². The molecule has 0 aliphatic carbocycles. The highest BCUT2D eigenvalue weighted by Crippen LogP contribution is 2.37. The molecule has 82 valence electrons. The third-order valence-corrected chi connectivity index (χ3v) is 2.96. The molecule has 0 amide bonds. The fraction of sp³-hybridized carbons (Fsp3) is 0.364. The van der Waals surface area contributed by atoms with E-state index in [1.807, 2.05) is 20.8 Å². The number of rotatable bonds is 1. The van der Waals surface area contributed by atoms with Crippen LogP contribution in [0.3, 0.4) is 0 Å². The molecular formula is C11H13BrO3. The number of aromatic carboxylic acids is 1. The van der Waals surface area contributed by atoms with Crippen LogP contribution in [0.15, 0.2) is 16.6 Å². The van der Waals surface area contributed by atoms with Crippen LogP contribution in [0.4, 0.5) is 0 Å². The minimum absolute atomic E-state index is 0.00222. The van der Waals surface area contributed by atoms with E-state index < -0.39 is 5.97 Å². The Morgan fingerprint density at radius 3 is 2.27 bits per heavy atom. The van der Waals surface area contributed by atoms with Crippen LogP contribution in [-0.4, -0.2) is 16.2 Å². The van der Waals surface area contributed by atoms with Crippen LogP contribution >= 0.6 is 15.9 Å². The Morgan fingerprint density at radius 2 is 1.87 bits per heavy atom. The van der Waals surface area contributed by atoms with Gasteiger partial charge in [0.05, 0.1) is 10.0 Å². The molecule has 0 bridgehead atoms. The molecule has 0 heterocycles. The Balaban J connectivity index is 3.41. The lowest BCUT2D eigenvalue weighted by Crippen LogP contribution is -2.12. The lowest BCUT2D eigenvalue weighted by atomic mass is 9.86. The first kappa shape index (κ1) is 12.0. The molecule has 1 aromatic carbocycles. The molecule has 0 saturated heterocycles. The zero-order chi connectivity index (χ0) is 11.8. The zero-order valence-electron chi connectivity index (χ0n) is 8.84. The van der Waals surface area contributed by atoms with Crippen molar-refractivity contribution < 1.29 is 15.0 Å². The van der Waals surface area contributed by atoms with Gasteiger partial charge in [0.15, 0.2) is 0 Å². The summed E-state index contributed by atoms with van der Waals surface area (Å²) in [6, 6.07) is 3.14. The van der Waals surface area contributed by atoms with Gasteiger partial charge in [0, 0.05) is 5.56 Å². The molecule has 0 unspecified atom stereocenters. The van der Waals surface area contributed by atoms with Gasteiger partial charge in [0.2, 0.25) is 0 Å². The van der Waals surface area contributed by atoms with E-state index in [-0.39, 0.29) is 21.2 Å². The normalized spacial score (nSPS) is 11.5. The van der Waals surface area contributed by atoms with Crippen molar-refractivity contribution in [2.75, 3.05) is 0 Å². The van der Waals surface area contributed by atoms with Crippen LogP contribution in [0.1, 0.15) is 36.7 Å². The number of carboxylic acids is 1. The van der Waals surface area contributed by atoms with Gasteiger partial charge in [-0.1, -0.05) is 26.8 Å². The maximum Gasteiger partial charge on any atom is 0.336 e. The standard InChI is InChI=1S/C11H13BrO3/c1-11(2,3)7-5-4-6(10(14)15)8(12)9(7)13/h4-5,13H,1-3H3,(H,14,15). The summed E-state index contributed by atoms with van der Waals surface area (Å²) in [7, 11) is 0. The number of halogens is 1. The van der Waals surface area contributed by atoms with Crippen molar-refractivity contribution in [1.82, 2.24) is 0 Å². The first-order chi connectivity index (χ1) is 6.75. The van der Waals surface area contributed by atoms with Gasteiger partial charge < -0.3 is 10.2 Å². The maximum absolute atomic E-state index is 10.8. The second kappa shape index (κ2) is 3.85. The van der Waals surface area contributed by atoms with Crippen molar-refractivity contribution in [2.24, 2.45) is 0 Å². The average Bonchev–Trinajstić information content (AvgIpc) is 2.06. The molecule has 3 nitrogen and oxygen atoms in total. The number of hydrogen-bond acceptors (Lipinski definition) is 2. The summed E-state index contributed by atoms with van der Waals surface area (Å²) in [4.78, 5) is 10.8. The Hall–Kier alpha value is -1.03.